The number of carbonyl (C=O) groups is 1. The Bertz CT molecular complexity index is 1280. The molecule has 1 spiro atoms. The van der Waals surface area contributed by atoms with E-state index in [-0.39, 0.29) is 5.91 Å². The maximum atomic E-state index is 13.1. The number of aryl methyl sites for hydroxylation is 1. The Morgan fingerprint density at radius 2 is 2.00 bits per heavy atom. The number of likely N-dealkylation sites (tertiary alicyclic amines) is 1. The summed E-state index contributed by atoms with van der Waals surface area (Å²) in [7, 11) is 1.94. The summed E-state index contributed by atoms with van der Waals surface area (Å²) in [4.78, 5) is 15.0. The number of nitrogens with zero attached hydrogens (tertiary/aromatic N) is 4. The SMILES string of the molecule is Cn1cc2c(n1)-c1ccccc1OC21CCN(C(=O)c2ccc3[nH]ncc3c2)CC1. The number of benzene rings is 2. The van der Waals surface area contributed by atoms with Crippen molar-refractivity contribution in [1.82, 2.24) is 24.9 Å². The minimum absolute atomic E-state index is 0.0515. The zero-order valence-electron chi connectivity index (χ0n) is 16.6. The second-order valence-corrected chi connectivity index (χ2v) is 8.12. The number of piperidine rings is 1. The summed E-state index contributed by atoms with van der Waals surface area (Å²) in [5, 5.41) is 12.6. The smallest absolute Gasteiger partial charge is 0.253 e. The van der Waals surface area contributed by atoms with Crippen molar-refractivity contribution < 1.29 is 9.53 Å². The molecule has 0 saturated carbocycles. The molecule has 0 bridgehead atoms. The summed E-state index contributed by atoms with van der Waals surface area (Å²) in [6.07, 6.45) is 5.28. The first-order chi connectivity index (χ1) is 14.6. The van der Waals surface area contributed by atoms with Crippen LogP contribution in [0.5, 0.6) is 5.75 Å². The normalized spacial score (nSPS) is 16.9. The molecule has 150 valence electrons. The van der Waals surface area contributed by atoms with Crippen LogP contribution in [0.2, 0.25) is 0 Å². The van der Waals surface area contributed by atoms with Crippen LogP contribution in [0.1, 0.15) is 28.8 Å². The van der Waals surface area contributed by atoms with E-state index in [4.69, 9.17) is 9.84 Å². The Balaban J connectivity index is 1.29. The molecule has 1 fully saturated rings. The van der Waals surface area contributed by atoms with Crippen molar-refractivity contribution in [3.8, 4) is 17.0 Å². The lowest BCUT2D eigenvalue weighted by Gasteiger charge is -2.44. The topological polar surface area (TPSA) is 76.0 Å². The quantitative estimate of drug-likeness (QED) is 0.532. The highest BCUT2D eigenvalue weighted by atomic mass is 16.5. The molecule has 4 heterocycles. The van der Waals surface area contributed by atoms with Crippen LogP contribution in [0.15, 0.2) is 54.9 Å². The monoisotopic (exact) mass is 399 g/mol. The number of fused-ring (bicyclic) bond motifs is 5. The molecule has 1 amide bonds. The predicted molar refractivity (Wildman–Crippen MR) is 112 cm³/mol. The fourth-order valence-electron chi connectivity index (χ4n) is 4.74. The maximum absolute atomic E-state index is 13.1. The molecule has 0 atom stereocenters. The molecule has 4 aromatic rings. The zero-order chi connectivity index (χ0) is 20.3. The van der Waals surface area contributed by atoms with Gasteiger partial charge < -0.3 is 9.64 Å². The van der Waals surface area contributed by atoms with Crippen molar-refractivity contribution in [3.63, 3.8) is 0 Å². The fourth-order valence-corrected chi connectivity index (χ4v) is 4.74. The molecule has 0 unspecified atom stereocenters. The highest BCUT2D eigenvalue weighted by Gasteiger charge is 2.45. The molecule has 1 N–H and O–H groups in total. The van der Waals surface area contributed by atoms with Crippen LogP contribution < -0.4 is 4.74 Å². The Labute approximate surface area is 173 Å². The van der Waals surface area contributed by atoms with Crippen molar-refractivity contribution in [2.75, 3.05) is 13.1 Å². The molecule has 2 aliphatic heterocycles. The number of hydrogen-bond donors (Lipinski definition) is 1. The summed E-state index contributed by atoms with van der Waals surface area (Å²) in [5.41, 5.74) is 4.33. The number of carbonyl (C=O) groups excluding carboxylic acids is 1. The van der Waals surface area contributed by atoms with E-state index in [9.17, 15) is 4.79 Å². The third-order valence-corrected chi connectivity index (χ3v) is 6.31. The van der Waals surface area contributed by atoms with E-state index in [2.05, 4.69) is 22.5 Å². The molecule has 30 heavy (non-hydrogen) atoms. The van der Waals surface area contributed by atoms with Crippen molar-refractivity contribution in [2.24, 2.45) is 7.05 Å². The van der Waals surface area contributed by atoms with Crippen LogP contribution >= 0.6 is 0 Å². The second kappa shape index (κ2) is 6.19. The number of ether oxygens (including phenoxy) is 1. The lowest BCUT2D eigenvalue weighted by atomic mass is 9.81. The molecular formula is C23H21N5O2. The standard InChI is InChI=1S/C23H21N5O2/c1-27-14-18-21(26-27)17-4-2-3-5-20(17)30-23(18)8-10-28(11-9-23)22(29)15-6-7-19-16(12-15)13-24-25-19/h2-7,12-14H,8-11H2,1H3,(H,24,25). The van der Waals surface area contributed by atoms with Gasteiger partial charge in [0.05, 0.1) is 11.7 Å². The van der Waals surface area contributed by atoms with Gasteiger partial charge in [-0.1, -0.05) is 12.1 Å². The Kier molecular flexibility index (Phi) is 3.56. The molecule has 1 saturated heterocycles. The van der Waals surface area contributed by atoms with Crippen LogP contribution in [-0.2, 0) is 12.6 Å². The van der Waals surface area contributed by atoms with Gasteiger partial charge in [0.1, 0.15) is 17.0 Å². The van der Waals surface area contributed by atoms with E-state index >= 15 is 0 Å². The minimum atomic E-state index is -0.441. The number of nitrogens with one attached hydrogen (secondary N) is 1. The van der Waals surface area contributed by atoms with Crippen molar-refractivity contribution in [1.29, 1.82) is 0 Å². The number of H-pyrrole nitrogens is 1. The molecule has 0 aliphatic carbocycles. The van der Waals surface area contributed by atoms with E-state index < -0.39 is 5.60 Å². The van der Waals surface area contributed by atoms with E-state index in [1.165, 1.54) is 0 Å². The summed E-state index contributed by atoms with van der Waals surface area (Å²) in [6.45, 7) is 1.28. The summed E-state index contributed by atoms with van der Waals surface area (Å²) in [5.74, 6) is 0.921. The Morgan fingerprint density at radius 3 is 2.87 bits per heavy atom. The van der Waals surface area contributed by atoms with Crippen LogP contribution in [-0.4, -0.2) is 43.9 Å². The van der Waals surface area contributed by atoms with Gasteiger partial charge in [0.25, 0.3) is 5.91 Å². The fraction of sp³-hybridized carbons (Fsp3) is 0.261. The Hall–Kier alpha value is -3.61. The number of aromatic nitrogens is 4. The summed E-state index contributed by atoms with van der Waals surface area (Å²) < 4.78 is 8.43. The first-order valence-corrected chi connectivity index (χ1v) is 10.2. The van der Waals surface area contributed by atoms with Crippen LogP contribution in [0, 0.1) is 0 Å². The third-order valence-electron chi connectivity index (χ3n) is 6.31. The molecular weight excluding hydrogens is 378 g/mol. The molecule has 7 nitrogen and oxygen atoms in total. The first kappa shape index (κ1) is 17.3. The summed E-state index contributed by atoms with van der Waals surface area (Å²) in [6, 6.07) is 13.7. The van der Waals surface area contributed by atoms with Gasteiger partial charge in [0.15, 0.2) is 0 Å². The third kappa shape index (κ3) is 2.48. The lowest BCUT2D eigenvalue weighted by Crippen LogP contribution is -2.48. The summed E-state index contributed by atoms with van der Waals surface area (Å²) >= 11 is 0. The Morgan fingerprint density at radius 1 is 1.17 bits per heavy atom. The molecule has 2 aromatic heterocycles. The maximum Gasteiger partial charge on any atom is 0.253 e. The number of aromatic amines is 1. The highest BCUT2D eigenvalue weighted by Crippen LogP contribution is 2.48. The van der Waals surface area contributed by atoms with E-state index in [1.54, 1.807) is 6.20 Å². The number of rotatable bonds is 1. The molecule has 0 radical (unpaired) electrons. The van der Waals surface area contributed by atoms with Gasteiger partial charge in [0.2, 0.25) is 0 Å². The van der Waals surface area contributed by atoms with E-state index in [0.29, 0.717) is 18.7 Å². The van der Waals surface area contributed by atoms with Gasteiger partial charge in [0, 0.05) is 61.3 Å². The van der Waals surface area contributed by atoms with Crippen molar-refractivity contribution in [3.05, 3.63) is 66.0 Å². The van der Waals surface area contributed by atoms with Crippen LogP contribution in [0.3, 0.4) is 0 Å². The average molecular weight is 399 g/mol. The molecule has 2 aromatic carbocycles. The molecule has 7 heteroatoms. The lowest BCUT2D eigenvalue weighted by molar-refractivity contribution is -0.00166. The number of para-hydroxylation sites is 1. The van der Waals surface area contributed by atoms with Crippen molar-refractivity contribution >= 4 is 16.8 Å². The average Bonchev–Trinajstić information content (AvgIpc) is 3.40. The number of hydrogen-bond acceptors (Lipinski definition) is 4. The van der Waals surface area contributed by atoms with Gasteiger partial charge in [-0.15, -0.1) is 0 Å². The van der Waals surface area contributed by atoms with E-state index in [0.717, 1.165) is 46.3 Å². The zero-order valence-corrected chi connectivity index (χ0v) is 16.6. The van der Waals surface area contributed by atoms with Crippen LogP contribution in [0.25, 0.3) is 22.2 Å². The predicted octanol–water partition coefficient (Wildman–Crippen LogP) is 3.49. The minimum Gasteiger partial charge on any atom is -0.482 e. The van der Waals surface area contributed by atoms with Crippen molar-refractivity contribution in [2.45, 2.75) is 18.4 Å². The van der Waals surface area contributed by atoms with Crippen LogP contribution in [0.4, 0.5) is 0 Å². The van der Waals surface area contributed by atoms with Gasteiger partial charge in [-0.2, -0.15) is 10.2 Å². The largest absolute Gasteiger partial charge is 0.482 e. The van der Waals surface area contributed by atoms with Gasteiger partial charge >= 0.3 is 0 Å². The molecule has 2 aliphatic rings. The van der Waals surface area contributed by atoms with Gasteiger partial charge in [-0.3, -0.25) is 14.6 Å². The van der Waals surface area contributed by atoms with Gasteiger partial charge in [-0.05, 0) is 30.3 Å². The number of amides is 1. The second-order valence-electron chi connectivity index (χ2n) is 8.12. The molecule has 6 rings (SSSR count). The van der Waals surface area contributed by atoms with E-state index in [1.807, 2.05) is 53.0 Å². The highest BCUT2D eigenvalue weighted by molar-refractivity contribution is 5.98. The van der Waals surface area contributed by atoms with Gasteiger partial charge in [-0.25, -0.2) is 0 Å². The first-order valence-electron chi connectivity index (χ1n) is 10.2.